The van der Waals surface area contributed by atoms with Crippen molar-refractivity contribution in [3.8, 4) is 0 Å². The average molecular weight is 355 g/mol. The summed E-state index contributed by atoms with van der Waals surface area (Å²) in [6.45, 7) is 2.97. The predicted octanol–water partition coefficient (Wildman–Crippen LogP) is 1.39. The van der Waals surface area contributed by atoms with Crippen molar-refractivity contribution >= 4 is 34.9 Å². The standard InChI is InChI=1S/C18H21N5O3/c1-2-22-10-12(7-16(22)24)18(26)20-13-5-6-15(19-9-13)23-17(25)8-14(21-23)11-3-4-11/h5-6,9,11-12H,2-4,7-8,10H2,1H3,(H,20,26). The number of likely N-dealkylation sites (tertiary alicyclic amines) is 1. The topological polar surface area (TPSA) is 95.0 Å². The Kier molecular flexibility index (Phi) is 4.18. The van der Waals surface area contributed by atoms with Crippen molar-refractivity contribution < 1.29 is 14.4 Å². The Labute approximate surface area is 151 Å². The van der Waals surface area contributed by atoms with Gasteiger partial charge in [-0.3, -0.25) is 14.4 Å². The molecule has 0 bridgehead atoms. The van der Waals surface area contributed by atoms with Crippen LogP contribution in [0.4, 0.5) is 11.5 Å². The number of aromatic nitrogens is 1. The average Bonchev–Trinajstić information content (AvgIpc) is 3.31. The van der Waals surface area contributed by atoms with E-state index in [4.69, 9.17) is 0 Å². The van der Waals surface area contributed by atoms with Crippen LogP contribution in [0.2, 0.25) is 0 Å². The Balaban J connectivity index is 1.40. The summed E-state index contributed by atoms with van der Waals surface area (Å²) in [5.74, 6) is 0.331. The molecule has 1 atom stereocenters. The molecule has 0 aromatic carbocycles. The van der Waals surface area contributed by atoms with E-state index in [1.165, 1.54) is 11.2 Å². The van der Waals surface area contributed by atoms with Crippen LogP contribution in [0.15, 0.2) is 23.4 Å². The minimum atomic E-state index is -0.340. The number of hydrazone groups is 1. The first-order chi connectivity index (χ1) is 12.5. The minimum Gasteiger partial charge on any atom is -0.342 e. The van der Waals surface area contributed by atoms with E-state index in [9.17, 15) is 14.4 Å². The van der Waals surface area contributed by atoms with Gasteiger partial charge in [0.25, 0.3) is 5.91 Å². The first kappa shape index (κ1) is 16.7. The van der Waals surface area contributed by atoms with Crippen LogP contribution in [0.1, 0.15) is 32.6 Å². The quantitative estimate of drug-likeness (QED) is 0.863. The first-order valence-electron chi connectivity index (χ1n) is 9.00. The summed E-state index contributed by atoms with van der Waals surface area (Å²) in [4.78, 5) is 42.1. The van der Waals surface area contributed by atoms with Crippen LogP contribution in [-0.2, 0) is 14.4 Å². The van der Waals surface area contributed by atoms with Crippen LogP contribution in [0.25, 0.3) is 0 Å². The van der Waals surface area contributed by atoms with E-state index in [2.05, 4.69) is 15.4 Å². The summed E-state index contributed by atoms with van der Waals surface area (Å²) >= 11 is 0. The molecule has 0 spiro atoms. The summed E-state index contributed by atoms with van der Waals surface area (Å²) in [5, 5.41) is 8.53. The summed E-state index contributed by atoms with van der Waals surface area (Å²) in [6.07, 6.45) is 4.34. The number of amides is 3. The molecule has 4 rings (SSSR count). The fourth-order valence-corrected chi connectivity index (χ4v) is 3.35. The molecule has 1 aromatic heterocycles. The molecular weight excluding hydrogens is 334 g/mol. The molecule has 3 amide bonds. The Morgan fingerprint density at radius 1 is 1.27 bits per heavy atom. The Bertz CT molecular complexity index is 785. The van der Waals surface area contributed by atoms with E-state index in [1.54, 1.807) is 17.0 Å². The highest BCUT2D eigenvalue weighted by atomic mass is 16.2. The molecule has 1 N–H and O–H groups in total. The second-order valence-corrected chi connectivity index (χ2v) is 6.98. The maximum Gasteiger partial charge on any atom is 0.254 e. The van der Waals surface area contributed by atoms with Crippen molar-refractivity contribution in [2.45, 2.75) is 32.6 Å². The van der Waals surface area contributed by atoms with Gasteiger partial charge < -0.3 is 10.2 Å². The molecule has 0 radical (unpaired) electrons. The monoisotopic (exact) mass is 355 g/mol. The molecule has 26 heavy (non-hydrogen) atoms. The highest BCUT2D eigenvalue weighted by Crippen LogP contribution is 2.35. The molecule has 136 valence electrons. The van der Waals surface area contributed by atoms with Gasteiger partial charge in [0, 0.05) is 19.5 Å². The van der Waals surface area contributed by atoms with E-state index in [-0.39, 0.29) is 30.1 Å². The molecule has 1 aliphatic carbocycles. The number of hydrogen-bond acceptors (Lipinski definition) is 5. The van der Waals surface area contributed by atoms with E-state index >= 15 is 0 Å². The molecule has 1 saturated heterocycles. The van der Waals surface area contributed by atoms with Gasteiger partial charge in [0.2, 0.25) is 11.8 Å². The molecule has 1 unspecified atom stereocenters. The zero-order valence-electron chi connectivity index (χ0n) is 14.6. The summed E-state index contributed by atoms with van der Waals surface area (Å²) in [7, 11) is 0. The summed E-state index contributed by atoms with van der Waals surface area (Å²) in [6, 6.07) is 3.37. The van der Waals surface area contributed by atoms with Crippen molar-refractivity contribution in [2.75, 3.05) is 23.4 Å². The van der Waals surface area contributed by atoms with Gasteiger partial charge in [-0.1, -0.05) is 0 Å². The van der Waals surface area contributed by atoms with Gasteiger partial charge in [0.1, 0.15) is 0 Å². The van der Waals surface area contributed by atoms with Gasteiger partial charge in [-0.2, -0.15) is 10.1 Å². The third-order valence-corrected chi connectivity index (χ3v) is 5.05. The van der Waals surface area contributed by atoms with Crippen LogP contribution in [-0.4, -0.2) is 46.4 Å². The van der Waals surface area contributed by atoms with Gasteiger partial charge >= 0.3 is 0 Å². The van der Waals surface area contributed by atoms with Gasteiger partial charge in [-0.05, 0) is 37.8 Å². The number of rotatable bonds is 5. The molecule has 8 nitrogen and oxygen atoms in total. The largest absolute Gasteiger partial charge is 0.342 e. The first-order valence-corrected chi connectivity index (χ1v) is 9.00. The smallest absolute Gasteiger partial charge is 0.254 e. The highest BCUT2D eigenvalue weighted by molar-refractivity contribution is 6.14. The van der Waals surface area contributed by atoms with Crippen LogP contribution in [0.5, 0.6) is 0 Å². The molecule has 3 aliphatic rings. The van der Waals surface area contributed by atoms with Gasteiger partial charge in [-0.25, -0.2) is 4.98 Å². The molecule has 1 aromatic rings. The van der Waals surface area contributed by atoms with Crippen molar-refractivity contribution in [1.82, 2.24) is 9.88 Å². The lowest BCUT2D eigenvalue weighted by Gasteiger charge is -2.14. The molecule has 3 heterocycles. The zero-order chi connectivity index (χ0) is 18.3. The van der Waals surface area contributed by atoms with Crippen molar-refractivity contribution in [1.29, 1.82) is 0 Å². The van der Waals surface area contributed by atoms with Gasteiger partial charge in [-0.15, -0.1) is 0 Å². The van der Waals surface area contributed by atoms with Crippen LogP contribution in [0, 0.1) is 11.8 Å². The predicted molar refractivity (Wildman–Crippen MR) is 95.5 cm³/mol. The third kappa shape index (κ3) is 3.18. The van der Waals surface area contributed by atoms with Crippen LogP contribution < -0.4 is 10.3 Å². The fourth-order valence-electron chi connectivity index (χ4n) is 3.35. The fraction of sp³-hybridized carbons (Fsp3) is 0.500. The lowest BCUT2D eigenvalue weighted by molar-refractivity contribution is -0.128. The highest BCUT2D eigenvalue weighted by Gasteiger charge is 2.36. The number of pyridine rings is 1. The second-order valence-electron chi connectivity index (χ2n) is 6.98. The minimum absolute atomic E-state index is 0.0120. The van der Waals surface area contributed by atoms with Crippen molar-refractivity contribution in [3.05, 3.63) is 18.3 Å². The number of nitrogens with zero attached hydrogens (tertiary/aromatic N) is 4. The number of hydrogen-bond donors (Lipinski definition) is 1. The van der Waals surface area contributed by atoms with Crippen LogP contribution in [0.3, 0.4) is 0 Å². The van der Waals surface area contributed by atoms with E-state index in [1.807, 2.05) is 6.92 Å². The van der Waals surface area contributed by atoms with E-state index in [0.29, 0.717) is 36.9 Å². The normalized spacial score (nSPS) is 22.8. The Morgan fingerprint density at radius 2 is 2.08 bits per heavy atom. The number of carbonyl (C=O) groups excluding carboxylic acids is 3. The maximum atomic E-state index is 12.3. The van der Waals surface area contributed by atoms with Crippen LogP contribution >= 0.6 is 0 Å². The van der Waals surface area contributed by atoms with E-state index in [0.717, 1.165) is 18.6 Å². The second kappa shape index (κ2) is 6.51. The lowest BCUT2D eigenvalue weighted by Crippen LogP contribution is -2.28. The lowest BCUT2D eigenvalue weighted by atomic mass is 10.1. The van der Waals surface area contributed by atoms with Crippen molar-refractivity contribution in [2.24, 2.45) is 16.9 Å². The molecule has 1 saturated carbocycles. The summed E-state index contributed by atoms with van der Waals surface area (Å²) < 4.78 is 0. The van der Waals surface area contributed by atoms with Gasteiger partial charge in [0.05, 0.1) is 29.9 Å². The molecule has 2 fully saturated rings. The Morgan fingerprint density at radius 3 is 2.69 bits per heavy atom. The molecular formula is C18H21N5O3. The van der Waals surface area contributed by atoms with Gasteiger partial charge in [0.15, 0.2) is 5.82 Å². The number of anilines is 2. The number of carbonyl (C=O) groups is 3. The zero-order valence-corrected chi connectivity index (χ0v) is 14.6. The SMILES string of the molecule is CCN1CC(C(=O)Nc2ccc(N3N=C(C4CC4)CC3=O)nc2)CC1=O. The van der Waals surface area contributed by atoms with E-state index < -0.39 is 0 Å². The summed E-state index contributed by atoms with van der Waals surface area (Å²) in [5.41, 5.74) is 1.49. The van der Waals surface area contributed by atoms with Crippen molar-refractivity contribution in [3.63, 3.8) is 0 Å². The molecule has 2 aliphatic heterocycles. The molecule has 8 heteroatoms. The Hall–Kier alpha value is -2.77. The number of nitrogens with one attached hydrogen (secondary N) is 1. The maximum absolute atomic E-state index is 12.3. The third-order valence-electron chi connectivity index (χ3n) is 5.05.